The number of rotatable bonds is 2. The van der Waals surface area contributed by atoms with E-state index in [2.05, 4.69) is 10.1 Å². The lowest BCUT2D eigenvalue weighted by atomic mass is 10.1. The zero-order chi connectivity index (χ0) is 14.3. The number of hydrogen-bond acceptors (Lipinski definition) is 2. The highest BCUT2D eigenvalue weighted by Crippen LogP contribution is 2.33. The second kappa shape index (κ2) is 5.06. The summed E-state index contributed by atoms with van der Waals surface area (Å²) in [4.78, 5) is 4.28. The number of aryl methyl sites for hydroxylation is 2. The molecule has 3 nitrogen and oxygen atoms in total. The van der Waals surface area contributed by atoms with Crippen LogP contribution < -0.4 is 0 Å². The number of pyridine rings is 1. The van der Waals surface area contributed by atoms with E-state index < -0.39 is 6.55 Å². The highest BCUT2D eigenvalue weighted by Gasteiger charge is 2.21. The van der Waals surface area contributed by atoms with Gasteiger partial charge in [0.25, 0.3) is 0 Å². The zero-order valence-corrected chi connectivity index (χ0v) is 12.0. The summed E-state index contributed by atoms with van der Waals surface area (Å²) in [5.41, 5.74) is 2.26. The van der Waals surface area contributed by atoms with E-state index in [0.29, 0.717) is 21.1 Å². The Kier molecular flexibility index (Phi) is 3.78. The Balaban J connectivity index is 2.66. The Morgan fingerprint density at radius 2 is 1.79 bits per heavy atom. The molecule has 0 aromatic carbocycles. The van der Waals surface area contributed by atoms with Crippen LogP contribution >= 0.6 is 23.2 Å². The molecule has 0 fully saturated rings. The van der Waals surface area contributed by atoms with Crippen molar-refractivity contribution >= 4 is 23.2 Å². The van der Waals surface area contributed by atoms with E-state index in [1.54, 1.807) is 19.9 Å². The quantitative estimate of drug-likeness (QED) is 0.813. The first-order chi connectivity index (χ1) is 8.82. The van der Waals surface area contributed by atoms with Gasteiger partial charge in [-0.05, 0) is 32.4 Å². The van der Waals surface area contributed by atoms with E-state index in [0.717, 1.165) is 5.56 Å². The lowest BCUT2D eigenvalue weighted by molar-refractivity contribution is 0.0546. The molecule has 7 heteroatoms. The molecular weight excluding hydrogens is 295 g/mol. The van der Waals surface area contributed by atoms with E-state index in [4.69, 9.17) is 23.2 Å². The summed E-state index contributed by atoms with van der Waals surface area (Å²) in [7, 11) is 0. The Bertz CT molecular complexity index is 638. The van der Waals surface area contributed by atoms with Gasteiger partial charge in [-0.2, -0.15) is 13.9 Å². The topological polar surface area (TPSA) is 30.7 Å². The molecule has 0 aliphatic rings. The molecule has 2 heterocycles. The predicted octanol–water partition coefficient (Wildman–Crippen LogP) is 4.57. The van der Waals surface area contributed by atoms with Crippen molar-refractivity contribution in [3.05, 3.63) is 33.1 Å². The maximum absolute atomic E-state index is 12.8. The van der Waals surface area contributed by atoms with Crippen LogP contribution in [-0.4, -0.2) is 14.8 Å². The molecule has 0 bridgehead atoms. The van der Waals surface area contributed by atoms with Crippen LogP contribution in [-0.2, 0) is 0 Å². The average molecular weight is 306 g/mol. The summed E-state index contributed by atoms with van der Waals surface area (Å²) < 4.78 is 26.1. The standard InChI is InChI=1S/C12H11Cl2F2N3/c1-5-4-8(13)6(2)17-10(5)11-9(14)7(3)19(18-11)12(15)16/h4,12H,1-3H3. The summed E-state index contributed by atoms with van der Waals surface area (Å²) in [6, 6.07) is 1.71. The highest BCUT2D eigenvalue weighted by molar-refractivity contribution is 6.34. The van der Waals surface area contributed by atoms with Crippen LogP contribution in [0, 0.1) is 20.8 Å². The Morgan fingerprint density at radius 1 is 1.16 bits per heavy atom. The van der Waals surface area contributed by atoms with Crippen molar-refractivity contribution in [2.24, 2.45) is 0 Å². The lowest BCUT2D eigenvalue weighted by Crippen LogP contribution is -2.02. The molecule has 0 amide bonds. The van der Waals surface area contributed by atoms with Crippen molar-refractivity contribution in [3.63, 3.8) is 0 Å². The molecule has 0 unspecified atom stereocenters. The van der Waals surface area contributed by atoms with Crippen LogP contribution in [0.25, 0.3) is 11.4 Å². The summed E-state index contributed by atoms with van der Waals surface area (Å²) >= 11 is 12.0. The normalized spacial score (nSPS) is 11.4. The van der Waals surface area contributed by atoms with Gasteiger partial charge >= 0.3 is 6.55 Å². The van der Waals surface area contributed by atoms with Gasteiger partial charge in [0, 0.05) is 0 Å². The summed E-state index contributed by atoms with van der Waals surface area (Å²) in [6.45, 7) is 2.26. The fourth-order valence-corrected chi connectivity index (χ4v) is 2.17. The third-order valence-corrected chi connectivity index (χ3v) is 3.66. The fraction of sp³-hybridized carbons (Fsp3) is 0.333. The maximum atomic E-state index is 12.8. The maximum Gasteiger partial charge on any atom is 0.333 e. The number of hydrogen-bond donors (Lipinski definition) is 0. The molecule has 2 rings (SSSR count). The van der Waals surface area contributed by atoms with Gasteiger partial charge in [-0.3, -0.25) is 0 Å². The second-order valence-corrected chi connectivity index (χ2v) is 4.98. The molecule has 0 atom stereocenters. The van der Waals surface area contributed by atoms with Crippen molar-refractivity contribution in [1.29, 1.82) is 0 Å². The van der Waals surface area contributed by atoms with Crippen LogP contribution in [0.1, 0.15) is 23.5 Å². The minimum atomic E-state index is -2.74. The Morgan fingerprint density at radius 3 is 2.32 bits per heavy atom. The van der Waals surface area contributed by atoms with E-state index in [9.17, 15) is 8.78 Å². The van der Waals surface area contributed by atoms with Crippen molar-refractivity contribution in [1.82, 2.24) is 14.8 Å². The smallest absolute Gasteiger partial charge is 0.250 e. The van der Waals surface area contributed by atoms with Gasteiger partial charge < -0.3 is 0 Å². The third kappa shape index (κ3) is 2.44. The van der Waals surface area contributed by atoms with Crippen molar-refractivity contribution in [2.45, 2.75) is 27.3 Å². The Hall–Kier alpha value is -1.20. The van der Waals surface area contributed by atoms with Gasteiger partial charge in [0.15, 0.2) is 0 Å². The molecule has 2 aromatic rings. The SMILES string of the molecule is Cc1cc(Cl)c(C)nc1-c1nn(C(F)F)c(C)c1Cl. The molecule has 0 aliphatic heterocycles. The largest absolute Gasteiger partial charge is 0.333 e. The monoisotopic (exact) mass is 305 g/mol. The van der Waals surface area contributed by atoms with Crippen molar-refractivity contribution in [3.8, 4) is 11.4 Å². The van der Waals surface area contributed by atoms with E-state index in [1.165, 1.54) is 6.92 Å². The first-order valence-corrected chi connectivity index (χ1v) is 6.25. The number of nitrogens with zero attached hydrogens (tertiary/aromatic N) is 3. The van der Waals surface area contributed by atoms with Crippen LogP contribution in [0.4, 0.5) is 8.78 Å². The minimum absolute atomic E-state index is 0.178. The zero-order valence-electron chi connectivity index (χ0n) is 10.5. The first kappa shape index (κ1) is 14.2. The van der Waals surface area contributed by atoms with Gasteiger partial charge in [-0.25, -0.2) is 9.67 Å². The van der Waals surface area contributed by atoms with E-state index >= 15 is 0 Å². The summed E-state index contributed by atoms with van der Waals surface area (Å²) in [5.74, 6) is 0. The van der Waals surface area contributed by atoms with Crippen molar-refractivity contribution in [2.75, 3.05) is 0 Å². The van der Waals surface area contributed by atoms with Gasteiger partial charge in [-0.15, -0.1) is 0 Å². The number of alkyl halides is 2. The molecule has 0 aliphatic carbocycles. The number of halogens is 4. The van der Waals surface area contributed by atoms with E-state index in [1.807, 2.05) is 0 Å². The minimum Gasteiger partial charge on any atom is -0.250 e. The average Bonchev–Trinajstić information content (AvgIpc) is 2.62. The third-order valence-electron chi connectivity index (χ3n) is 2.83. The highest BCUT2D eigenvalue weighted by atomic mass is 35.5. The van der Waals surface area contributed by atoms with Crippen LogP contribution in [0.15, 0.2) is 6.07 Å². The molecular formula is C12H11Cl2F2N3. The second-order valence-electron chi connectivity index (χ2n) is 4.19. The van der Waals surface area contributed by atoms with Crippen LogP contribution in [0.2, 0.25) is 10.0 Å². The number of aromatic nitrogens is 3. The summed E-state index contributed by atoms with van der Waals surface area (Å²) in [5, 5.41) is 4.53. The molecule has 0 N–H and O–H groups in total. The Labute approximate surface area is 119 Å². The molecule has 0 saturated heterocycles. The molecule has 102 valence electrons. The predicted molar refractivity (Wildman–Crippen MR) is 70.9 cm³/mol. The van der Waals surface area contributed by atoms with Crippen LogP contribution in [0.3, 0.4) is 0 Å². The molecule has 19 heavy (non-hydrogen) atoms. The van der Waals surface area contributed by atoms with Gasteiger partial charge in [0.1, 0.15) is 5.69 Å². The van der Waals surface area contributed by atoms with Gasteiger partial charge in [0.05, 0.1) is 27.1 Å². The lowest BCUT2D eigenvalue weighted by Gasteiger charge is -2.05. The van der Waals surface area contributed by atoms with Crippen molar-refractivity contribution < 1.29 is 8.78 Å². The molecule has 0 saturated carbocycles. The fourth-order valence-electron chi connectivity index (χ4n) is 1.75. The van der Waals surface area contributed by atoms with Gasteiger partial charge in [0.2, 0.25) is 0 Å². The summed E-state index contributed by atoms with van der Waals surface area (Å²) in [6.07, 6.45) is 0. The van der Waals surface area contributed by atoms with E-state index in [-0.39, 0.29) is 16.4 Å². The van der Waals surface area contributed by atoms with Gasteiger partial charge in [-0.1, -0.05) is 23.2 Å². The molecule has 0 spiro atoms. The van der Waals surface area contributed by atoms with Crippen LogP contribution in [0.5, 0.6) is 0 Å². The molecule has 2 aromatic heterocycles. The molecule has 0 radical (unpaired) electrons. The first-order valence-electron chi connectivity index (χ1n) is 5.49.